The Bertz CT molecular complexity index is 1200. The molecule has 0 unspecified atom stereocenters. The van der Waals surface area contributed by atoms with Gasteiger partial charge in [-0.05, 0) is 29.2 Å². The fraction of sp³-hybridized carbons (Fsp3) is 0.125. The molecule has 3 N–H and O–H groups in total. The molecule has 14 nitrogen and oxygen atoms in total. The van der Waals surface area contributed by atoms with Crippen molar-refractivity contribution < 1.29 is 27.6 Å². The Morgan fingerprint density at radius 2 is 1.84 bits per heavy atom. The van der Waals surface area contributed by atoms with Gasteiger partial charge in [-0.3, -0.25) is 9.52 Å². The number of carbonyl (C=O) groups is 1. The molecule has 0 atom stereocenters. The molecule has 31 heavy (non-hydrogen) atoms. The number of H-pyrrole nitrogens is 1. The number of aromatic nitrogens is 4. The Labute approximate surface area is 174 Å². The first-order valence-corrected chi connectivity index (χ1v) is 9.81. The number of rotatable bonds is 8. The number of aromatic amines is 1. The maximum atomic E-state index is 12.6. The zero-order valence-corrected chi connectivity index (χ0v) is 16.8. The Kier molecular flexibility index (Phi) is 5.96. The Balaban J connectivity index is 1.74. The average Bonchev–Trinajstić information content (AvgIpc) is 3.24. The Morgan fingerprint density at radius 1 is 1.13 bits per heavy atom. The molecule has 0 spiro atoms. The molecule has 0 aliphatic heterocycles. The molecule has 15 heteroatoms. The van der Waals surface area contributed by atoms with Crippen LogP contribution in [-0.2, 0) is 10.0 Å². The lowest BCUT2D eigenvalue weighted by Gasteiger charge is -2.10. The zero-order chi connectivity index (χ0) is 22.6. The smallest absolute Gasteiger partial charge is 0.343 e. The van der Waals surface area contributed by atoms with Gasteiger partial charge in [-0.25, -0.2) is 8.42 Å². The van der Waals surface area contributed by atoms with Crippen molar-refractivity contribution in [1.29, 1.82) is 0 Å². The van der Waals surface area contributed by atoms with Gasteiger partial charge >= 0.3 is 11.8 Å². The van der Waals surface area contributed by atoms with Crippen molar-refractivity contribution in [1.82, 2.24) is 20.2 Å². The van der Waals surface area contributed by atoms with Crippen molar-refractivity contribution >= 4 is 33.3 Å². The van der Waals surface area contributed by atoms with Crippen LogP contribution in [-0.4, -0.2) is 53.6 Å². The van der Waals surface area contributed by atoms with Gasteiger partial charge in [0.05, 0.1) is 25.2 Å². The third kappa shape index (κ3) is 5.02. The molecule has 2 heterocycles. The van der Waals surface area contributed by atoms with E-state index in [9.17, 15) is 23.3 Å². The third-order valence-corrected chi connectivity index (χ3v) is 5.10. The second-order valence-corrected chi connectivity index (χ2v) is 7.44. The quantitative estimate of drug-likeness (QED) is 0.332. The standard InChI is InChI=1S/C16H15N7O7S/c1-29-14-8-12(18-16(19-14)30-2)22-31(27,28)10-5-3-9(4-6-10)17-15(24)11-7-13(21-20-11)23(25)26/h3-8H,1-2H3,(H,17,24)(H,20,21)(H,18,19,22). The first-order valence-electron chi connectivity index (χ1n) is 8.33. The van der Waals surface area contributed by atoms with Crippen molar-refractivity contribution in [2.75, 3.05) is 24.3 Å². The second-order valence-electron chi connectivity index (χ2n) is 5.76. The van der Waals surface area contributed by atoms with Crippen molar-refractivity contribution in [3.63, 3.8) is 0 Å². The molecular formula is C16H15N7O7S. The van der Waals surface area contributed by atoms with E-state index in [4.69, 9.17) is 9.47 Å². The van der Waals surface area contributed by atoms with Crippen molar-refractivity contribution in [2.24, 2.45) is 0 Å². The fourth-order valence-electron chi connectivity index (χ4n) is 2.28. The number of sulfonamides is 1. The summed E-state index contributed by atoms with van der Waals surface area (Å²) < 4.78 is 37.4. The predicted octanol–water partition coefficient (Wildman–Crippen LogP) is 1.18. The lowest BCUT2D eigenvalue weighted by atomic mass is 10.3. The molecule has 2 aromatic heterocycles. The van der Waals surface area contributed by atoms with E-state index in [0.29, 0.717) is 0 Å². The molecule has 0 saturated heterocycles. The highest BCUT2D eigenvalue weighted by atomic mass is 32.2. The van der Waals surface area contributed by atoms with Gasteiger partial charge in [0, 0.05) is 11.8 Å². The summed E-state index contributed by atoms with van der Waals surface area (Å²) in [6, 6.07) is 7.35. The van der Waals surface area contributed by atoms with E-state index >= 15 is 0 Å². The number of carbonyl (C=O) groups excluding carboxylic acids is 1. The van der Waals surface area contributed by atoms with Gasteiger partial charge in [-0.2, -0.15) is 9.97 Å². The van der Waals surface area contributed by atoms with Crippen LogP contribution in [0.4, 0.5) is 17.3 Å². The third-order valence-electron chi connectivity index (χ3n) is 3.73. The maximum absolute atomic E-state index is 12.6. The molecule has 0 aliphatic rings. The van der Waals surface area contributed by atoms with Crippen LogP contribution < -0.4 is 19.5 Å². The monoisotopic (exact) mass is 449 g/mol. The fourth-order valence-corrected chi connectivity index (χ4v) is 3.27. The van der Waals surface area contributed by atoms with Crippen molar-refractivity contribution in [2.45, 2.75) is 4.90 Å². The number of amides is 1. The lowest BCUT2D eigenvalue weighted by molar-refractivity contribution is -0.389. The van der Waals surface area contributed by atoms with E-state index in [1.54, 1.807) is 0 Å². The van der Waals surface area contributed by atoms with Crippen LogP contribution >= 0.6 is 0 Å². The molecule has 3 aromatic rings. The Morgan fingerprint density at radius 3 is 2.42 bits per heavy atom. The van der Waals surface area contributed by atoms with Gasteiger partial charge < -0.3 is 24.9 Å². The number of benzene rings is 1. The van der Waals surface area contributed by atoms with Crippen LogP contribution in [0.25, 0.3) is 0 Å². The summed E-state index contributed by atoms with van der Waals surface area (Å²) in [7, 11) is -1.35. The number of methoxy groups -OCH3 is 2. The van der Waals surface area contributed by atoms with E-state index in [0.717, 1.165) is 6.07 Å². The van der Waals surface area contributed by atoms with Crippen LogP contribution in [0.5, 0.6) is 11.9 Å². The van der Waals surface area contributed by atoms with Gasteiger partial charge in [-0.1, -0.05) is 5.10 Å². The van der Waals surface area contributed by atoms with Gasteiger partial charge in [-0.15, -0.1) is 5.10 Å². The van der Waals surface area contributed by atoms with E-state index in [1.807, 2.05) is 0 Å². The molecule has 0 fully saturated rings. The summed E-state index contributed by atoms with van der Waals surface area (Å²) >= 11 is 0. The van der Waals surface area contributed by atoms with E-state index < -0.39 is 26.7 Å². The molecule has 1 aromatic carbocycles. The molecule has 0 saturated carbocycles. The maximum Gasteiger partial charge on any atom is 0.343 e. The summed E-state index contributed by atoms with van der Waals surface area (Å²) in [4.78, 5) is 29.7. The minimum atomic E-state index is -4.02. The molecule has 3 rings (SSSR count). The van der Waals surface area contributed by atoms with Crippen LogP contribution in [0, 0.1) is 10.1 Å². The van der Waals surface area contributed by atoms with Gasteiger partial charge in [0.25, 0.3) is 15.9 Å². The molecule has 0 bridgehead atoms. The zero-order valence-electron chi connectivity index (χ0n) is 16.0. The number of anilines is 2. The van der Waals surface area contributed by atoms with Crippen LogP contribution in [0.3, 0.4) is 0 Å². The molecular weight excluding hydrogens is 434 g/mol. The molecule has 0 aliphatic carbocycles. The van der Waals surface area contributed by atoms with Crippen LogP contribution in [0.15, 0.2) is 41.3 Å². The number of hydrogen-bond acceptors (Lipinski definition) is 10. The number of nitro groups is 1. The summed E-state index contributed by atoms with van der Waals surface area (Å²) in [6.07, 6.45) is 0. The molecule has 1 amide bonds. The molecule has 0 radical (unpaired) electrons. The number of ether oxygens (including phenoxy) is 2. The largest absolute Gasteiger partial charge is 0.481 e. The number of hydrogen-bond donors (Lipinski definition) is 3. The van der Waals surface area contributed by atoms with E-state index in [2.05, 4.69) is 30.2 Å². The minimum absolute atomic E-state index is 0.0683. The molecule has 162 valence electrons. The first kappa shape index (κ1) is 21.4. The van der Waals surface area contributed by atoms with Crippen LogP contribution in [0.1, 0.15) is 10.5 Å². The summed E-state index contributed by atoms with van der Waals surface area (Å²) in [5, 5.41) is 18.8. The van der Waals surface area contributed by atoms with E-state index in [-0.39, 0.29) is 34.0 Å². The van der Waals surface area contributed by atoms with Gasteiger partial charge in [0.1, 0.15) is 0 Å². The first-order chi connectivity index (χ1) is 14.7. The van der Waals surface area contributed by atoms with Gasteiger partial charge in [0.2, 0.25) is 5.88 Å². The summed E-state index contributed by atoms with van der Waals surface area (Å²) in [5.41, 5.74) is 0.0525. The highest BCUT2D eigenvalue weighted by molar-refractivity contribution is 7.92. The SMILES string of the molecule is COc1cc(NS(=O)(=O)c2ccc(NC(=O)c3cc([N+](=O)[O-])[nH]n3)cc2)nc(OC)n1. The highest BCUT2D eigenvalue weighted by Gasteiger charge is 2.19. The predicted molar refractivity (Wildman–Crippen MR) is 106 cm³/mol. The Hall–Kier alpha value is -4.27. The van der Waals surface area contributed by atoms with E-state index in [1.165, 1.54) is 44.6 Å². The second kappa shape index (κ2) is 8.62. The summed E-state index contributed by atoms with van der Waals surface area (Å²) in [6.45, 7) is 0. The van der Waals surface area contributed by atoms with Crippen molar-refractivity contribution in [3.8, 4) is 11.9 Å². The summed E-state index contributed by atoms with van der Waals surface area (Å²) in [5.74, 6) is -1.11. The van der Waals surface area contributed by atoms with Gasteiger partial charge in [0.15, 0.2) is 11.5 Å². The topological polar surface area (TPSA) is 191 Å². The minimum Gasteiger partial charge on any atom is -0.481 e. The van der Waals surface area contributed by atoms with Crippen molar-refractivity contribution in [3.05, 3.63) is 52.2 Å². The number of nitrogens with zero attached hydrogens (tertiary/aromatic N) is 4. The normalized spacial score (nSPS) is 10.9. The lowest BCUT2D eigenvalue weighted by Crippen LogP contribution is -2.15. The van der Waals surface area contributed by atoms with Crippen LogP contribution in [0.2, 0.25) is 0 Å². The average molecular weight is 449 g/mol. The highest BCUT2D eigenvalue weighted by Crippen LogP contribution is 2.22. The number of nitrogens with one attached hydrogen (secondary N) is 3.